The minimum atomic E-state index is -0.272. The van der Waals surface area contributed by atoms with Gasteiger partial charge in [0, 0.05) is 5.39 Å². The molecule has 0 aliphatic rings. The average Bonchev–Trinajstić information content (AvgIpc) is 2.80. The van der Waals surface area contributed by atoms with E-state index in [-0.39, 0.29) is 16.6 Å². The summed E-state index contributed by atoms with van der Waals surface area (Å²) in [7, 11) is 0. The summed E-state index contributed by atoms with van der Waals surface area (Å²) in [5.41, 5.74) is 1.57. The fourth-order valence-corrected chi connectivity index (χ4v) is 4.16. The summed E-state index contributed by atoms with van der Waals surface area (Å²) in [5.74, 6) is 0. The third kappa shape index (κ3) is 2.20. The Kier molecular flexibility index (Phi) is 3.40. The molecule has 0 aliphatic carbocycles. The summed E-state index contributed by atoms with van der Waals surface area (Å²) < 4.78 is 3.23. The number of aromatic nitrogens is 3. The van der Waals surface area contributed by atoms with Crippen molar-refractivity contribution in [1.82, 2.24) is 14.2 Å². The van der Waals surface area contributed by atoms with Crippen LogP contribution in [0.5, 0.6) is 0 Å². The summed E-state index contributed by atoms with van der Waals surface area (Å²) in [6.45, 7) is 0. The van der Waals surface area contributed by atoms with Crippen LogP contribution >= 0.6 is 0 Å². The topological polar surface area (TPSA) is 56.4 Å². The van der Waals surface area contributed by atoms with Crippen molar-refractivity contribution in [2.75, 3.05) is 0 Å². The molecule has 0 N–H and O–H groups in total. The molecule has 30 heavy (non-hydrogen) atoms. The van der Waals surface area contributed by atoms with Crippen molar-refractivity contribution in [3.8, 4) is 5.69 Å². The predicted molar refractivity (Wildman–Crippen MR) is 120 cm³/mol. The van der Waals surface area contributed by atoms with E-state index >= 15 is 0 Å². The summed E-state index contributed by atoms with van der Waals surface area (Å²) in [6.07, 6.45) is 0. The van der Waals surface area contributed by atoms with Gasteiger partial charge in [-0.3, -0.25) is 9.59 Å². The Bertz CT molecular complexity index is 1730. The van der Waals surface area contributed by atoms with Gasteiger partial charge < -0.3 is 0 Å². The van der Waals surface area contributed by atoms with Gasteiger partial charge in [0.25, 0.3) is 5.56 Å². The highest BCUT2D eigenvalue weighted by Gasteiger charge is 2.18. The van der Waals surface area contributed by atoms with Crippen LogP contribution in [0.2, 0.25) is 0 Å². The van der Waals surface area contributed by atoms with Crippen LogP contribution in [-0.4, -0.2) is 14.2 Å². The maximum atomic E-state index is 13.6. The van der Waals surface area contributed by atoms with Crippen molar-refractivity contribution < 1.29 is 0 Å². The van der Waals surface area contributed by atoms with E-state index in [4.69, 9.17) is 0 Å². The van der Waals surface area contributed by atoms with E-state index in [1.807, 2.05) is 77.5 Å². The Balaban J connectivity index is 2.02. The first-order chi connectivity index (χ1) is 14.7. The number of nitrogens with zero attached hydrogens (tertiary/aromatic N) is 3. The molecule has 0 aliphatic heterocycles. The lowest BCUT2D eigenvalue weighted by atomic mass is 10.1. The quantitative estimate of drug-likeness (QED) is 0.311. The minimum Gasteiger partial charge on any atom is -0.285 e. The van der Waals surface area contributed by atoms with Crippen molar-refractivity contribution in [1.29, 1.82) is 0 Å². The maximum absolute atomic E-state index is 13.6. The first-order valence-electron chi connectivity index (χ1n) is 9.68. The van der Waals surface area contributed by atoms with Crippen LogP contribution in [0.15, 0.2) is 101 Å². The fourth-order valence-electron chi connectivity index (χ4n) is 4.16. The zero-order valence-electron chi connectivity index (χ0n) is 15.8. The Hall–Kier alpha value is -4.25. The van der Waals surface area contributed by atoms with E-state index in [0.717, 1.165) is 16.5 Å². The van der Waals surface area contributed by atoms with Gasteiger partial charge in [-0.05, 0) is 35.7 Å². The molecule has 0 amide bonds. The first-order valence-corrected chi connectivity index (χ1v) is 9.68. The zero-order valence-corrected chi connectivity index (χ0v) is 15.8. The predicted octanol–water partition coefficient (Wildman–Crippen LogP) is 4.31. The van der Waals surface area contributed by atoms with E-state index in [9.17, 15) is 9.59 Å². The molecule has 2 aromatic heterocycles. The van der Waals surface area contributed by atoms with Gasteiger partial charge in [0.15, 0.2) is 0 Å². The zero-order chi connectivity index (χ0) is 20.2. The number of benzene rings is 4. The highest BCUT2D eigenvalue weighted by atomic mass is 16.1. The molecule has 0 saturated carbocycles. The molecular weight excluding hydrogens is 374 g/mol. The van der Waals surface area contributed by atoms with Crippen LogP contribution in [-0.2, 0) is 0 Å². The molecule has 0 unspecified atom stereocenters. The summed E-state index contributed by atoms with van der Waals surface area (Å²) >= 11 is 0. The lowest BCUT2D eigenvalue weighted by Crippen LogP contribution is -2.29. The second-order valence-electron chi connectivity index (χ2n) is 7.23. The molecule has 142 valence electrons. The standard InChI is InChI=1S/C25H15N3O2/c29-23-20-15-14-16-8-4-5-11-18(16)22(20)27(17-9-2-1-3-10-17)28-24(23)26-21-13-7-6-12-19(21)25(28)30/h1-15H. The van der Waals surface area contributed by atoms with E-state index in [1.165, 1.54) is 4.52 Å². The molecule has 0 fully saturated rings. The summed E-state index contributed by atoms with van der Waals surface area (Å²) in [5, 5.41) is 2.89. The van der Waals surface area contributed by atoms with Crippen molar-refractivity contribution in [2.24, 2.45) is 0 Å². The Morgan fingerprint density at radius 3 is 2.17 bits per heavy atom. The second-order valence-corrected chi connectivity index (χ2v) is 7.23. The highest BCUT2D eigenvalue weighted by Crippen LogP contribution is 2.26. The van der Waals surface area contributed by atoms with Gasteiger partial charge in [0.2, 0.25) is 11.1 Å². The van der Waals surface area contributed by atoms with Crippen molar-refractivity contribution in [2.45, 2.75) is 0 Å². The second kappa shape index (κ2) is 6.12. The molecule has 5 nitrogen and oxygen atoms in total. The molecule has 2 heterocycles. The Morgan fingerprint density at radius 1 is 0.633 bits per heavy atom. The summed E-state index contributed by atoms with van der Waals surface area (Å²) in [6, 6.07) is 28.3. The molecule has 0 saturated heterocycles. The van der Waals surface area contributed by atoms with Crippen LogP contribution in [0.4, 0.5) is 0 Å². The van der Waals surface area contributed by atoms with Crippen LogP contribution in [0.3, 0.4) is 0 Å². The molecule has 6 aromatic rings. The van der Waals surface area contributed by atoms with E-state index in [0.29, 0.717) is 21.8 Å². The van der Waals surface area contributed by atoms with E-state index in [2.05, 4.69) is 4.98 Å². The van der Waals surface area contributed by atoms with Gasteiger partial charge in [-0.2, -0.15) is 4.52 Å². The minimum absolute atomic E-state index is 0.116. The summed E-state index contributed by atoms with van der Waals surface area (Å²) in [4.78, 5) is 31.6. The fraction of sp³-hybridized carbons (Fsp3) is 0. The van der Waals surface area contributed by atoms with Gasteiger partial charge in [0.1, 0.15) is 0 Å². The van der Waals surface area contributed by atoms with Crippen LogP contribution in [0.25, 0.3) is 43.9 Å². The van der Waals surface area contributed by atoms with Crippen LogP contribution in [0, 0.1) is 0 Å². The van der Waals surface area contributed by atoms with Gasteiger partial charge in [-0.15, -0.1) is 0 Å². The first kappa shape index (κ1) is 16.7. The Labute approximate surface area is 170 Å². The van der Waals surface area contributed by atoms with E-state index < -0.39 is 0 Å². The Morgan fingerprint density at radius 2 is 1.33 bits per heavy atom. The maximum Gasteiger partial charge on any atom is 0.281 e. The normalized spacial score (nSPS) is 11.6. The molecule has 0 radical (unpaired) electrons. The van der Waals surface area contributed by atoms with Crippen molar-refractivity contribution in [3.05, 3.63) is 112 Å². The van der Waals surface area contributed by atoms with Crippen molar-refractivity contribution >= 4 is 38.2 Å². The van der Waals surface area contributed by atoms with Crippen LogP contribution < -0.4 is 11.0 Å². The molecular formula is C25H15N3O2. The lowest BCUT2D eigenvalue weighted by molar-refractivity contribution is 0.774. The van der Waals surface area contributed by atoms with Gasteiger partial charge in [-0.25, -0.2) is 9.67 Å². The third-order valence-corrected chi connectivity index (χ3v) is 5.51. The van der Waals surface area contributed by atoms with Gasteiger partial charge in [0.05, 0.1) is 27.5 Å². The third-order valence-electron chi connectivity index (χ3n) is 5.51. The molecule has 0 atom stereocenters. The smallest absolute Gasteiger partial charge is 0.281 e. The van der Waals surface area contributed by atoms with Crippen LogP contribution in [0.1, 0.15) is 0 Å². The molecule has 6 rings (SSSR count). The van der Waals surface area contributed by atoms with Crippen molar-refractivity contribution in [3.63, 3.8) is 0 Å². The van der Waals surface area contributed by atoms with Gasteiger partial charge >= 0.3 is 0 Å². The molecule has 0 bridgehead atoms. The number of hydrogen-bond acceptors (Lipinski definition) is 3. The number of hydrogen-bond donors (Lipinski definition) is 0. The average molecular weight is 389 g/mol. The molecule has 4 aromatic carbocycles. The van der Waals surface area contributed by atoms with Gasteiger partial charge in [-0.1, -0.05) is 60.7 Å². The van der Waals surface area contributed by atoms with E-state index in [1.54, 1.807) is 18.2 Å². The molecule has 5 heteroatoms. The number of rotatable bonds is 1. The number of fused-ring (bicyclic) bond motifs is 5. The lowest BCUT2D eigenvalue weighted by Gasteiger charge is -2.18. The molecule has 0 spiro atoms. The largest absolute Gasteiger partial charge is 0.285 e. The SMILES string of the molecule is O=c1c2ccc3ccccc3c2n(-c2ccccc2)n2c(=O)c3ccccc3nc12. The highest BCUT2D eigenvalue weighted by molar-refractivity contribution is 6.06. The number of para-hydroxylation sites is 2. The monoisotopic (exact) mass is 389 g/mol.